The van der Waals surface area contributed by atoms with Gasteiger partial charge >= 0.3 is 0 Å². The lowest BCUT2D eigenvalue weighted by Gasteiger charge is -2.32. The minimum absolute atomic E-state index is 0.141. The molecule has 2 aromatic carbocycles. The lowest BCUT2D eigenvalue weighted by molar-refractivity contribution is -0.00365. The van der Waals surface area contributed by atoms with E-state index in [9.17, 15) is 4.39 Å². The average Bonchev–Trinajstić information content (AvgIpc) is 2.69. The number of nitrogen functional groups attached to an aromatic ring is 2. The highest BCUT2D eigenvalue weighted by Gasteiger charge is 2.21. The Morgan fingerprint density at radius 2 is 1.75 bits per heavy atom. The summed E-state index contributed by atoms with van der Waals surface area (Å²) in [5.74, 6) is 0.406. The molecule has 3 aromatic rings. The van der Waals surface area contributed by atoms with Gasteiger partial charge in [-0.2, -0.15) is 4.98 Å². The number of rotatable bonds is 5. The Bertz CT molecular complexity index is 972. The van der Waals surface area contributed by atoms with E-state index in [-0.39, 0.29) is 17.9 Å². The van der Waals surface area contributed by atoms with Crippen LogP contribution in [-0.2, 0) is 17.9 Å². The molecule has 0 spiro atoms. The molecule has 0 aliphatic carbocycles. The maximum Gasteiger partial charge on any atom is 0.222 e. The number of hydrogen-bond acceptors (Lipinski definition) is 6. The second-order valence-electron chi connectivity index (χ2n) is 7.16. The van der Waals surface area contributed by atoms with Crippen molar-refractivity contribution in [1.82, 2.24) is 14.9 Å². The monoisotopic (exact) mass is 381 g/mol. The molecule has 0 unspecified atom stereocenters. The molecule has 1 aromatic heterocycles. The van der Waals surface area contributed by atoms with Crippen LogP contribution < -0.4 is 11.5 Å². The molecule has 1 aliphatic heterocycles. The van der Waals surface area contributed by atoms with E-state index in [4.69, 9.17) is 16.2 Å². The molecule has 1 saturated heterocycles. The van der Waals surface area contributed by atoms with Gasteiger partial charge in [0, 0.05) is 30.6 Å². The molecule has 7 heteroatoms. The first-order chi connectivity index (χ1) is 13.6. The van der Waals surface area contributed by atoms with Gasteiger partial charge < -0.3 is 16.2 Å². The van der Waals surface area contributed by atoms with Crippen molar-refractivity contribution in [2.75, 3.05) is 24.6 Å². The predicted molar refractivity (Wildman–Crippen MR) is 108 cm³/mol. The standard InChI is InChI=1S/C21H24FN5O/c22-17-6-2-1-4-14(17)12-27-10-8-16(9-11-27)28-13-15-5-3-7-18-19(15)20(23)26-21(24)25-18/h1-7,16H,8-13H2,(H4,23,24,25,26). The summed E-state index contributed by atoms with van der Waals surface area (Å²) >= 11 is 0. The van der Waals surface area contributed by atoms with E-state index >= 15 is 0 Å². The fourth-order valence-electron chi connectivity index (χ4n) is 3.73. The molecule has 6 nitrogen and oxygen atoms in total. The summed E-state index contributed by atoms with van der Waals surface area (Å²) < 4.78 is 20.0. The molecule has 4 N–H and O–H groups in total. The number of piperidine rings is 1. The maximum atomic E-state index is 13.8. The lowest BCUT2D eigenvalue weighted by Crippen LogP contribution is -2.36. The summed E-state index contributed by atoms with van der Waals surface area (Å²) in [5, 5.41) is 0.800. The number of nitrogens with two attached hydrogens (primary N) is 2. The van der Waals surface area contributed by atoms with Crippen LogP contribution >= 0.6 is 0 Å². The number of benzene rings is 2. The molecule has 0 saturated carbocycles. The fourth-order valence-corrected chi connectivity index (χ4v) is 3.73. The minimum atomic E-state index is -0.141. The van der Waals surface area contributed by atoms with Crippen molar-refractivity contribution >= 4 is 22.7 Å². The molecule has 2 heterocycles. The molecule has 1 fully saturated rings. The summed E-state index contributed by atoms with van der Waals surface area (Å²) in [4.78, 5) is 10.6. The number of hydrogen-bond donors (Lipinski definition) is 2. The summed E-state index contributed by atoms with van der Waals surface area (Å²) in [6.07, 6.45) is 2.00. The molecular weight excluding hydrogens is 357 g/mol. The van der Waals surface area contributed by atoms with E-state index in [2.05, 4.69) is 14.9 Å². The summed E-state index contributed by atoms with van der Waals surface area (Å²) in [6, 6.07) is 12.7. The van der Waals surface area contributed by atoms with Crippen LogP contribution in [-0.4, -0.2) is 34.1 Å². The van der Waals surface area contributed by atoms with Crippen LogP contribution in [0.25, 0.3) is 10.9 Å². The van der Waals surface area contributed by atoms with E-state index in [1.807, 2.05) is 30.3 Å². The van der Waals surface area contributed by atoms with Gasteiger partial charge in [0.25, 0.3) is 0 Å². The van der Waals surface area contributed by atoms with Crippen molar-refractivity contribution in [2.24, 2.45) is 0 Å². The first-order valence-corrected chi connectivity index (χ1v) is 9.48. The Hall–Kier alpha value is -2.77. The topological polar surface area (TPSA) is 90.3 Å². The Balaban J connectivity index is 1.35. The van der Waals surface area contributed by atoms with Crippen LogP contribution in [0.1, 0.15) is 24.0 Å². The van der Waals surface area contributed by atoms with Crippen LogP contribution in [0, 0.1) is 5.82 Å². The highest BCUT2D eigenvalue weighted by Crippen LogP contribution is 2.25. The van der Waals surface area contributed by atoms with Crippen LogP contribution in [0.3, 0.4) is 0 Å². The number of aromatic nitrogens is 2. The minimum Gasteiger partial charge on any atom is -0.383 e. The Morgan fingerprint density at radius 1 is 1.00 bits per heavy atom. The van der Waals surface area contributed by atoms with Crippen molar-refractivity contribution in [3.8, 4) is 0 Å². The fraction of sp³-hybridized carbons (Fsp3) is 0.333. The first kappa shape index (κ1) is 18.6. The van der Waals surface area contributed by atoms with E-state index in [0.717, 1.165) is 48.0 Å². The molecular formula is C21H24FN5O. The van der Waals surface area contributed by atoms with Crippen LogP contribution in [0.2, 0.25) is 0 Å². The molecule has 146 valence electrons. The van der Waals surface area contributed by atoms with Gasteiger partial charge in [-0.05, 0) is 30.5 Å². The molecule has 28 heavy (non-hydrogen) atoms. The van der Waals surface area contributed by atoms with Crippen molar-refractivity contribution < 1.29 is 9.13 Å². The van der Waals surface area contributed by atoms with Crippen LogP contribution in [0.15, 0.2) is 42.5 Å². The smallest absolute Gasteiger partial charge is 0.222 e. The zero-order valence-corrected chi connectivity index (χ0v) is 15.6. The second-order valence-corrected chi connectivity index (χ2v) is 7.16. The molecule has 4 rings (SSSR count). The van der Waals surface area contributed by atoms with E-state index in [0.29, 0.717) is 19.0 Å². The van der Waals surface area contributed by atoms with Crippen molar-refractivity contribution in [3.63, 3.8) is 0 Å². The predicted octanol–water partition coefficient (Wildman–Crippen LogP) is 3.11. The van der Waals surface area contributed by atoms with Gasteiger partial charge in [0.15, 0.2) is 0 Å². The van der Waals surface area contributed by atoms with E-state index < -0.39 is 0 Å². The SMILES string of the molecule is Nc1nc(N)c2c(COC3CCN(Cc4ccccc4F)CC3)cccc2n1. The summed E-state index contributed by atoms with van der Waals surface area (Å²) in [5.41, 5.74) is 14.2. The van der Waals surface area contributed by atoms with Gasteiger partial charge in [0.05, 0.1) is 18.2 Å². The number of halogens is 1. The van der Waals surface area contributed by atoms with E-state index in [1.165, 1.54) is 6.07 Å². The van der Waals surface area contributed by atoms with Gasteiger partial charge in [-0.3, -0.25) is 4.90 Å². The van der Waals surface area contributed by atoms with Crippen LogP contribution in [0.5, 0.6) is 0 Å². The second kappa shape index (κ2) is 8.08. The van der Waals surface area contributed by atoms with Crippen molar-refractivity contribution in [2.45, 2.75) is 32.1 Å². The summed E-state index contributed by atoms with van der Waals surface area (Å²) in [7, 11) is 0. The largest absolute Gasteiger partial charge is 0.383 e. The van der Waals surface area contributed by atoms with Crippen LogP contribution in [0.4, 0.5) is 16.2 Å². The van der Waals surface area contributed by atoms with Gasteiger partial charge in [-0.15, -0.1) is 0 Å². The van der Waals surface area contributed by atoms with E-state index in [1.54, 1.807) is 6.07 Å². The first-order valence-electron chi connectivity index (χ1n) is 9.48. The lowest BCUT2D eigenvalue weighted by atomic mass is 10.1. The Morgan fingerprint density at radius 3 is 2.54 bits per heavy atom. The number of ether oxygens (including phenoxy) is 1. The van der Waals surface area contributed by atoms with Gasteiger partial charge in [-0.25, -0.2) is 9.37 Å². The maximum absolute atomic E-state index is 13.8. The summed E-state index contributed by atoms with van der Waals surface area (Å²) in [6.45, 7) is 2.86. The Kier molecular flexibility index (Phi) is 5.36. The molecule has 1 aliphatic rings. The third-order valence-corrected chi connectivity index (χ3v) is 5.22. The Labute approximate surface area is 163 Å². The molecule has 0 atom stereocenters. The number of nitrogens with zero attached hydrogens (tertiary/aromatic N) is 3. The molecule has 0 radical (unpaired) electrons. The van der Waals surface area contributed by atoms with Crippen molar-refractivity contribution in [3.05, 3.63) is 59.4 Å². The highest BCUT2D eigenvalue weighted by molar-refractivity contribution is 5.91. The number of anilines is 2. The van der Waals surface area contributed by atoms with Gasteiger partial charge in [-0.1, -0.05) is 30.3 Å². The average molecular weight is 381 g/mol. The zero-order chi connectivity index (χ0) is 19.5. The zero-order valence-electron chi connectivity index (χ0n) is 15.6. The molecule has 0 amide bonds. The number of fused-ring (bicyclic) bond motifs is 1. The third-order valence-electron chi connectivity index (χ3n) is 5.22. The van der Waals surface area contributed by atoms with Gasteiger partial charge in [0.2, 0.25) is 5.95 Å². The molecule has 0 bridgehead atoms. The quantitative estimate of drug-likeness (QED) is 0.706. The van der Waals surface area contributed by atoms with Crippen molar-refractivity contribution in [1.29, 1.82) is 0 Å². The van der Waals surface area contributed by atoms with Gasteiger partial charge in [0.1, 0.15) is 11.6 Å². The third kappa shape index (κ3) is 4.05. The normalized spacial score (nSPS) is 15.9. The number of likely N-dealkylation sites (tertiary alicyclic amines) is 1. The highest BCUT2D eigenvalue weighted by atomic mass is 19.1.